The van der Waals surface area contributed by atoms with Crippen molar-refractivity contribution in [3.63, 3.8) is 0 Å². The zero-order valence-electron chi connectivity index (χ0n) is 11.4. The lowest BCUT2D eigenvalue weighted by Crippen LogP contribution is -2.15. The fourth-order valence-corrected chi connectivity index (χ4v) is 2.63. The smallest absolute Gasteiger partial charge is 0.188 e. The molecule has 1 aromatic carbocycles. The van der Waals surface area contributed by atoms with Gasteiger partial charge in [0.15, 0.2) is 5.69 Å². The molecular weight excluding hydrogens is 252 g/mol. The summed E-state index contributed by atoms with van der Waals surface area (Å²) >= 11 is 0. The predicted molar refractivity (Wildman–Crippen MR) is 72.9 cm³/mol. The zero-order valence-corrected chi connectivity index (χ0v) is 11.4. The van der Waals surface area contributed by atoms with Crippen LogP contribution in [0.25, 0.3) is 0 Å². The molecule has 0 aliphatic carbocycles. The van der Waals surface area contributed by atoms with Crippen LogP contribution in [0.3, 0.4) is 0 Å². The summed E-state index contributed by atoms with van der Waals surface area (Å²) in [7, 11) is 0. The van der Waals surface area contributed by atoms with Crippen LogP contribution < -0.4 is 0 Å². The number of nitrogens with zero attached hydrogens (tertiary/aromatic N) is 4. The number of aromatic nitrogens is 3. The van der Waals surface area contributed by atoms with Gasteiger partial charge in [0.05, 0.1) is 6.04 Å². The fraction of sp³-hybridized carbons (Fsp3) is 0.400. The third-order valence-electron chi connectivity index (χ3n) is 3.72. The van der Waals surface area contributed by atoms with Crippen LogP contribution in [0, 0.1) is 11.3 Å². The Hall–Kier alpha value is -2.19. The summed E-state index contributed by atoms with van der Waals surface area (Å²) in [6, 6.07) is 12.2. The first-order valence-corrected chi connectivity index (χ1v) is 6.83. The number of nitriles is 1. The van der Waals surface area contributed by atoms with Crippen molar-refractivity contribution in [1.82, 2.24) is 15.0 Å². The Morgan fingerprint density at radius 3 is 2.85 bits per heavy atom. The topological polar surface area (TPSA) is 63.7 Å². The highest BCUT2D eigenvalue weighted by Gasteiger charge is 2.28. The van der Waals surface area contributed by atoms with E-state index < -0.39 is 0 Å². The molecule has 0 saturated carbocycles. The predicted octanol–water partition coefficient (Wildman–Crippen LogP) is 2.61. The zero-order chi connectivity index (χ0) is 13.9. The van der Waals surface area contributed by atoms with Gasteiger partial charge in [-0.3, -0.25) is 0 Å². The molecule has 1 aliphatic heterocycles. The van der Waals surface area contributed by atoms with E-state index in [1.807, 2.05) is 22.9 Å². The third-order valence-corrected chi connectivity index (χ3v) is 3.72. The van der Waals surface area contributed by atoms with Crippen LogP contribution in [-0.2, 0) is 4.74 Å². The normalized spacial score (nSPS) is 19.7. The average molecular weight is 268 g/mol. The van der Waals surface area contributed by atoms with E-state index in [2.05, 4.69) is 35.4 Å². The lowest BCUT2D eigenvalue weighted by Gasteiger charge is -2.18. The molecule has 1 fully saturated rings. The van der Waals surface area contributed by atoms with Gasteiger partial charge in [-0.1, -0.05) is 35.5 Å². The van der Waals surface area contributed by atoms with Gasteiger partial charge < -0.3 is 4.74 Å². The minimum atomic E-state index is -0.0641. The lowest BCUT2D eigenvalue weighted by molar-refractivity contribution is 0.103. The van der Waals surface area contributed by atoms with E-state index in [0.717, 1.165) is 30.7 Å². The van der Waals surface area contributed by atoms with Gasteiger partial charge in [-0.25, -0.2) is 4.68 Å². The second-order valence-electron chi connectivity index (χ2n) is 4.97. The second-order valence-corrected chi connectivity index (χ2v) is 4.97. The molecule has 2 atom stereocenters. The third kappa shape index (κ3) is 2.19. The van der Waals surface area contributed by atoms with Gasteiger partial charge in [0.25, 0.3) is 0 Å². The van der Waals surface area contributed by atoms with Gasteiger partial charge in [-0.15, -0.1) is 5.10 Å². The van der Waals surface area contributed by atoms with Crippen molar-refractivity contribution in [2.75, 3.05) is 6.61 Å². The van der Waals surface area contributed by atoms with Crippen LogP contribution >= 0.6 is 0 Å². The molecule has 0 radical (unpaired) electrons. The minimum absolute atomic E-state index is 0.0324. The Balaban J connectivity index is 2.01. The molecule has 102 valence electrons. The van der Waals surface area contributed by atoms with Gasteiger partial charge in [-0.2, -0.15) is 5.26 Å². The molecule has 20 heavy (non-hydrogen) atoms. The van der Waals surface area contributed by atoms with Crippen LogP contribution in [0.2, 0.25) is 0 Å². The first-order valence-electron chi connectivity index (χ1n) is 6.83. The molecule has 0 bridgehead atoms. The molecule has 2 unspecified atom stereocenters. The van der Waals surface area contributed by atoms with Crippen molar-refractivity contribution in [2.45, 2.75) is 31.9 Å². The highest BCUT2D eigenvalue weighted by Crippen LogP contribution is 2.32. The second kappa shape index (κ2) is 5.43. The maximum atomic E-state index is 9.22. The summed E-state index contributed by atoms with van der Waals surface area (Å²) in [4.78, 5) is 0. The molecule has 0 amide bonds. The number of ether oxygens (including phenoxy) is 1. The summed E-state index contributed by atoms with van der Waals surface area (Å²) in [6.45, 7) is 2.80. The Labute approximate surface area is 117 Å². The Morgan fingerprint density at radius 1 is 1.40 bits per heavy atom. The Bertz CT molecular complexity index is 623. The summed E-state index contributed by atoms with van der Waals surface area (Å²) < 4.78 is 7.54. The van der Waals surface area contributed by atoms with Gasteiger partial charge in [0.1, 0.15) is 17.9 Å². The quantitative estimate of drug-likeness (QED) is 0.858. The van der Waals surface area contributed by atoms with Gasteiger partial charge in [0, 0.05) is 6.61 Å². The van der Waals surface area contributed by atoms with Crippen molar-refractivity contribution in [2.24, 2.45) is 0 Å². The summed E-state index contributed by atoms with van der Waals surface area (Å²) in [6.07, 6.45) is 1.87. The van der Waals surface area contributed by atoms with Crippen molar-refractivity contribution in [1.29, 1.82) is 5.26 Å². The largest absolute Gasteiger partial charge is 0.372 e. The van der Waals surface area contributed by atoms with Crippen molar-refractivity contribution < 1.29 is 4.74 Å². The molecule has 1 aliphatic rings. The van der Waals surface area contributed by atoms with E-state index in [1.54, 1.807) is 0 Å². The molecule has 2 aromatic rings. The van der Waals surface area contributed by atoms with E-state index >= 15 is 0 Å². The van der Waals surface area contributed by atoms with E-state index in [0.29, 0.717) is 5.69 Å². The fourth-order valence-electron chi connectivity index (χ4n) is 2.63. The minimum Gasteiger partial charge on any atom is -0.372 e. The molecule has 0 spiro atoms. The van der Waals surface area contributed by atoms with Crippen LogP contribution in [0.5, 0.6) is 0 Å². The molecule has 0 N–H and O–H groups in total. The van der Waals surface area contributed by atoms with Crippen LogP contribution in [-0.4, -0.2) is 21.6 Å². The number of benzene rings is 1. The highest BCUT2D eigenvalue weighted by atomic mass is 16.5. The summed E-state index contributed by atoms with van der Waals surface area (Å²) in [5.41, 5.74) is 2.32. The van der Waals surface area contributed by atoms with Crippen molar-refractivity contribution in [3.05, 3.63) is 47.3 Å². The Kier molecular flexibility index (Phi) is 3.48. The molecule has 5 heteroatoms. The van der Waals surface area contributed by atoms with Crippen LogP contribution in [0.4, 0.5) is 0 Å². The molecule has 5 nitrogen and oxygen atoms in total. The monoisotopic (exact) mass is 268 g/mol. The number of rotatable bonds is 3. The van der Waals surface area contributed by atoms with Crippen molar-refractivity contribution in [3.8, 4) is 6.07 Å². The van der Waals surface area contributed by atoms with Gasteiger partial charge >= 0.3 is 0 Å². The summed E-state index contributed by atoms with van der Waals surface area (Å²) in [5.74, 6) is 0. The van der Waals surface area contributed by atoms with Gasteiger partial charge in [-0.05, 0) is 25.3 Å². The molecule has 2 heterocycles. The maximum Gasteiger partial charge on any atom is 0.188 e. The molecule has 3 rings (SSSR count). The standard InChI is InChI=1S/C15H16N4O/c1-11(12-6-3-2-4-7-12)19-15(13(10-16)17-18-19)14-8-5-9-20-14/h2-4,6-7,11,14H,5,8-9H2,1H3. The number of hydrogen-bond acceptors (Lipinski definition) is 4. The highest BCUT2D eigenvalue weighted by molar-refractivity contribution is 5.29. The average Bonchev–Trinajstić information content (AvgIpc) is 3.15. The van der Waals surface area contributed by atoms with Crippen LogP contribution in [0.1, 0.15) is 48.9 Å². The van der Waals surface area contributed by atoms with Crippen molar-refractivity contribution >= 4 is 0 Å². The molecular formula is C15H16N4O. The van der Waals surface area contributed by atoms with E-state index in [4.69, 9.17) is 4.74 Å². The van der Waals surface area contributed by atoms with E-state index in [1.165, 1.54) is 0 Å². The SMILES string of the molecule is CC(c1ccccc1)n1nnc(C#N)c1C1CCCO1. The first-order chi connectivity index (χ1) is 9.81. The van der Waals surface area contributed by atoms with E-state index in [9.17, 15) is 5.26 Å². The Morgan fingerprint density at radius 2 is 2.20 bits per heavy atom. The van der Waals surface area contributed by atoms with Gasteiger partial charge in [0.2, 0.25) is 0 Å². The maximum absolute atomic E-state index is 9.22. The molecule has 1 saturated heterocycles. The number of hydrogen-bond donors (Lipinski definition) is 0. The van der Waals surface area contributed by atoms with E-state index in [-0.39, 0.29) is 12.1 Å². The first kappa shape index (κ1) is 12.8. The lowest BCUT2D eigenvalue weighted by atomic mass is 10.1. The van der Waals surface area contributed by atoms with Crippen LogP contribution in [0.15, 0.2) is 30.3 Å². The molecule has 1 aromatic heterocycles. The summed E-state index contributed by atoms with van der Waals surface area (Å²) in [5, 5.41) is 17.4.